The monoisotopic (exact) mass is 480 g/mol. The van der Waals surface area contributed by atoms with Crippen LogP contribution in [-0.2, 0) is 0 Å². The first-order valence-corrected chi connectivity index (χ1v) is 11.3. The Bertz CT molecular complexity index is 964. The van der Waals surface area contributed by atoms with E-state index in [1.807, 2.05) is 25.1 Å². The van der Waals surface area contributed by atoms with Gasteiger partial charge < -0.3 is 5.32 Å². The van der Waals surface area contributed by atoms with Crippen LogP contribution < -0.4 is 5.32 Å². The molecule has 0 bridgehead atoms. The third kappa shape index (κ3) is 8.35. The first-order chi connectivity index (χ1) is 15.5. The van der Waals surface area contributed by atoms with Gasteiger partial charge in [-0.25, -0.2) is 0 Å². The van der Waals surface area contributed by atoms with Gasteiger partial charge in [-0.3, -0.25) is 9.78 Å². The largest absolute Gasteiger partial charge is 0.417 e. The smallest absolute Gasteiger partial charge is 0.349 e. The number of hydrogen-bond acceptors (Lipinski definition) is 2. The van der Waals surface area contributed by atoms with Crippen molar-refractivity contribution in [2.75, 3.05) is 0 Å². The van der Waals surface area contributed by atoms with Crippen molar-refractivity contribution in [3.05, 3.63) is 76.6 Å². The van der Waals surface area contributed by atoms with Crippen LogP contribution in [0.1, 0.15) is 72.3 Å². The van der Waals surface area contributed by atoms with E-state index in [1.54, 1.807) is 13.0 Å². The molecule has 0 aliphatic heterocycles. The zero-order chi connectivity index (χ0) is 25.2. The molecule has 7 heteroatoms. The summed E-state index contributed by atoms with van der Waals surface area (Å²) in [5, 5.41) is 3.75. The fraction of sp³-hybridized carbons (Fsp3) is 0.385. The summed E-state index contributed by atoms with van der Waals surface area (Å²) in [4.78, 5) is 15.9. The highest BCUT2D eigenvalue weighted by Gasteiger charge is 2.34. The Hall–Kier alpha value is -2.60. The number of benzene rings is 1. The molecule has 1 aromatic heterocycles. The van der Waals surface area contributed by atoms with E-state index in [0.717, 1.165) is 31.2 Å². The van der Waals surface area contributed by atoms with Gasteiger partial charge in [0, 0.05) is 28.4 Å². The number of amides is 1. The number of hydrogen-bond donors (Lipinski definition) is 1. The lowest BCUT2D eigenvalue weighted by Gasteiger charge is -2.18. The number of alkyl halides is 3. The Balaban J connectivity index is 0.000000335. The summed E-state index contributed by atoms with van der Waals surface area (Å²) >= 11 is 6.04. The van der Waals surface area contributed by atoms with E-state index in [-0.39, 0.29) is 17.6 Å². The molecule has 1 amide bonds. The van der Waals surface area contributed by atoms with Crippen molar-refractivity contribution >= 4 is 29.2 Å². The second kappa shape index (κ2) is 13.2. The minimum atomic E-state index is -4.46. The van der Waals surface area contributed by atoms with Gasteiger partial charge in [0.15, 0.2) is 0 Å². The van der Waals surface area contributed by atoms with E-state index >= 15 is 0 Å². The van der Waals surface area contributed by atoms with Crippen molar-refractivity contribution in [3.63, 3.8) is 0 Å². The molecule has 3 nitrogen and oxygen atoms in total. The summed E-state index contributed by atoms with van der Waals surface area (Å²) in [6.07, 6.45) is 2.44. The molecule has 0 atom stereocenters. The summed E-state index contributed by atoms with van der Waals surface area (Å²) < 4.78 is 37.2. The summed E-state index contributed by atoms with van der Waals surface area (Å²) in [5.41, 5.74) is 1.50. The van der Waals surface area contributed by atoms with Gasteiger partial charge in [0.1, 0.15) is 0 Å². The van der Waals surface area contributed by atoms with E-state index in [2.05, 4.69) is 37.3 Å². The van der Waals surface area contributed by atoms with Gasteiger partial charge in [0.25, 0.3) is 5.91 Å². The Morgan fingerprint density at radius 2 is 1.79 bits per heavy atom. The highest BCUT2D eigenvalue weighted by molar-refractivity contribution is 6.31. The number of nitrogens with zero attached hydrogens (tertiary/aromatic N) is 1. The zero-order valence-corrected chi connectivity index (χ0v) is 20.4. The van der Waals surface area contributed by atoms with Crippen LogP contribution in [0, 0.1) is 13.8 Å². The molecular formula is C26H32ClF3N2O. The normalized spacial score (nSPS) is 10.9. The van der Waals surface area contributed by atoms with Crippen molar-refractivity contribution in [1.29, 1.82) is 0 Å². The molecule has 2 rings (SSSR count). The minimum Gasteiger partial charge on any atom is -0.349 e. The zero-order valence-electron chi connectivity index (χ0n) is 19.7. The molecule has 1 heterocycles. The van der Waals surface area contributed by atoms with Crippen molar-refractivity contribution in [2.24, 2.45) is 0 Å². The number of carbonyl (C=O) groups excluding carboxylic acids is 1. The number of rotatable bonds is 8. The fourth-order valence-corrected chi connectivity index (χ4v) is 3.48. The standard InChI is InChI=1S/C15H22ClNO.C11H10F3N/c1-4-7-12(8-5-2)17-15(18)13-9-6-10-14(16)11(13)3;1-4-9-7(2)5-6-15-10(9)8(3)11(12,13)14/h6,9-10,12H,4-5,7-8H2,1-3H3,(H,17,18);4-6H,1,3H2,2H3. The number of allylic oxidation sites excluding steroid dienone is 1. The maximum atomic E-state index is 12.4. The molecular weight excluding hydrogens is 449 g/mol. The summed E-state index contributed by atoms with van der Waals surface area (Å²) in [7, 11) is 0. The Morgan fingerprint density at radius 1 is 1.18 bits per heavy atom. The quantitative estimate of drug-likeness (QED) is 0.416. The lowest BCUT2D eigenvalue weighted by Crippen LogP contribution is -2.35. The Morgan fingerprint density at radius 3 is 2.30 bits per heavy atom. The van der Waals surface area contributed by atoms with Crippen LogP contribution in [0.4, 0.5) is 13.2 Å². The third-order valence-corrected chi connectivity index (χ3v) is 5.57. The number of carbonyl (C=O) groups is 1. The van der Waals surface area contributed by atoms with Gasteiger partial charge in [-0.1, -0.05) is 63.6 Å². The van der Waals surface area contributed by atoms with Gasteiger partial charge in [0.2, 0.25) is 0 Å². The van der Waals surface area contributed by atoms with Gasteiger partial charge >= 0.3 is 6.18 Å². The SMILES string of the molecule is C=Cc1c(C)ccnc1C(=C)C(F)(F)F.CCCC(CCC)NC(=O)c1cccc(Cl)c1C. The van der Waals surface area contributed by atoms with E-state index in [0.29, 0.717) is 21.7 Å². The highest BCUT2D eigenvalue weighted by atomic mass is 35.5. The van der Waals surface area contributed by atoms with Gasteiger partial charge in [0.05, 0.1) is 11.3 Å². The lowest BCUT2D eigenvalue weighted by molar-refractivity contribution is -0.0689. The molecule has 0 saturated carbocycles. The number of nitrogens with one attached hydrogen (secondary N) is 1. The second-order valence-electron chi connectivity index (χ2n) is 7.73. The molecule has 1 N–H and O–H groups in total. The van der Waals surface area contributed by atoms with Gasteiger partial charge in [-0.2, -0.15) is 13.2 Å². The van der Waals surface area contributed by atoms with Crippen LogP contribution in [0.15, 0.2) is 43.6 Å². The third-order valence-electron chi connectivity index (χ3n) is 5.16. The van der Waals surface area contributed by atoms with E-state index in [1.165, 1.54) is 12.3 Å². The van der Waals surface area contributed by atoms with Crippen LogP contribution in [0.25, 0.3) is 11.6 Å². The maximum absolute atomic E-state index is 12.4. The Labute approximate surface area is 199 Å². The molecule has 33 heavy (non-hydrogen) atoms. The fourth-order valence-electron chi connectivity index (χ4n) is 3.30. The Kier molecular flexibility index (Phi) is 11.4. The molecule has 0 spiro atoms. The average molecular weight is 481 g/mol. The average Bonchev–Trinajstić information content (AvgIpc) is 2.75. The van der Waals surface area contributed by atoms with Crippen LogP contribution in [0.3, 0.4) is 0 Å². The van der Waals surface area contributed by atoms with Crippen LogP contribution in [0.2, 0.25) is 5.02 Å². The summed E-state index contributed by atoms with van der Waals surface area (Å²) in [6, 6.07) is 7.35. The van der Waals surface area contributed by atoms with Crippen LogP contribution in [0.5, 0.6) is 0 Å². The van der Waals surface area contributed by atoms with E-state index < -0.39 is 11.7 Å². The second-order valence-corrected chi connectivity index (χ2v) is 8.14. The van der Waals surface area contributed by atoms with Gasteiger partial charge in [-0.05, 0) is 56.0 Å². The lowest BCUT2D eigenvalue weighted by atomic mass is 10.0. The first-order valence-electron chi connectivity index (χ1n) is 10.9. The number of pyridine rings is 1. The van der Waals surface area contributed by atoms with Crippen LogP contribution >= 0.6 is 11.6 Å². The van der Waals surface area contributed by atoms with Gasteiger partial charge in [-0.15, -0.1) is 0 Å². The predicted octanol–water partition coefficient (Wildman–Crippen LogP) is 7.96. The van der Waals surface area contributed by atoms with Crippen LogP contribution in [-0.4, -0.2) is 23.1 Å². The predicted molar refractivity (Wildman–Crippen MR) is 131 cm³/mol. The number of aryl methyl sites for hydroxylation is 1. The number of aromatic nitrogens is 1. The van der Waals surface area contributed by atoms with Crippen molar-refractivity contribution < 1.29 is 18.0 Å². The van der Waals surface area contributed by atoms with E-state index in [9.17, 15) is 18.0 Å². The molecule has 180 valence electrons. The maximum Gasteiger partial charge on any atom is 0.417 e. The minimum absolute atomic E-state index is 0.0121. The molecule has 0 saturated heterocycles. The highest BCUT2D eigenvalue weighted by Crippen LogP contribution is 2.33. The summed E-state index contributed by atoms with van der Waals surface area (Å²) in [6.45, 7) is 14.3. The van der Waals surface area contributed by atoms with Crippen molar-refractivity contribution in [1.82, 2.24) is 10.3 Å². The van der Waals surface area contributed by atoms with Crippen molar-refractivity contribution in [2.45, 2.75) is 65.6 Å². The first kappa shape index (κ1) is 28.4. The number of halogens is 4. The topological polar surface area (TPSA) is 42.0 Å². The summed E-state index contributed by atoms with van der Waals surface area (Å²) in [5.74, 6) is -0.0121. The molecule has 0 fully saturated rings. The molecule has 0 aliphatic carbocycles. The molecule has 0 aliphatic rings. The molecule has 0 radical (unpaired) electrons. The molecule has 0 unspecified atom stereocenters. The van der Waals surface area contributed by atoms with Crippen molar-refractivity contribution in [3.8, 4) is 0 Å². The molecule has 2 aromatic rings. The van der Waals surface area contributed by atoms with E-state index in [4.69, 9.17) is 11.6 Å². The molecule has 1 aromatic carbocycles.